The van der Waals surface area contributed by atoms with Gasteiger partial charge in [-0.25, -0.2) is 0 Å². The first kappa shape index (κ1) is 11.2. The summed E-state index contributed by atoms with van der Waals surface area (Å²) in [5, 5.41) is 0. The molecular formula is C14H21NO2. The summed E-state index contributed by atoms with van der Waals surface area (Å²) >= 11 is 0. The van der Waals surface area contributed by atoms with Crippen molar-refractivity contribution in [1.29, 1.82) is 0 Å². The van der Waals surface area contributed by atoms with E-state index < -0.39 is 0 Å². The van der Waals surface area contributed by atoms with Crippen LogP contribution in [0.2, 0.25) is 0 Å². The molecule has 2 aliphatic carbocycles. The minimum Gasteiger partial charge on any atom is -0.339 e. The van der Waals surface area contributed by atoms with Crippen LogP contribution in [0.5, 0.6) is 0 Å². The molecule has 1 amide bonds. The molecule has 0 bridgehead atoms. The third-order valence-corrected chi connectivity index (χ3v) is 4.58. The first-order chi connectivity index (χ1) is 8.27. The van der Waals surface area contributed by atoms with Crippen molar-refractivity contribution in [3.8, 4) is 0 Å². The van der Waals surface area contributed by atoms with Gasteiger partial charge in [0.1, 0.15) is 5.78 Å². The second-order valence-electron chi connectivity index (χ2n) is 5.83. The van der Waals surface area contributed by atoms with Crippen molar-refractivity contribution in [2.75, 3.05) is 6.54 Å². The summed E-state index contributed by atoms with van der Waals surface area (Å²) in [7, 11) is 0. The van der Waals surface area contributed by atoms with E-state index in [0.29, 0.717) is 17.6 Å². The Morgan fingerprint density at radius 3 is 2.53 bits per heavy atom. The highest BCUT2D eigenvalue weighted by Gasteiger charge is 2.42. The highest BCUT2D eigenvalue weighted by Crippen LogP contribution is 2.37. The number of ketones is 1. The highest BCUT2D eigenvalue weighted by atomic mass is 16.2. The molecule has 3 heteroatoms. The third kappa shape index (κ3) is 2.12. The van der Waals surface area contributed by atoms with Gasteiger partial charge in [-0.2, -0.15) is 0 Å². The molecule has 2 unspecified atom stereocenters. The molecule has 1 saturated heterocycles. The molecule has 3 fully saturated rings. The number of hydrogen-bond donors (Lipinski definition) is 0. The molecule has 2 atom stereocenters. The monoisotopic (exact) mass is 235 g/mol. The number of carbonyl (C=O) groups is 2. The smallest absolute Gasteiger partial charge is 0.225 e. The Kier molecular flexibility index (Phi) is 2.93. The summed E-state index contributed by atoms with van der Waals surface area (Å²) < 4.78 is 0. The molecule has 1 aliphatic heterocycles. The van der Waals surface area contributed by atoms with Crippen molar-refractivity contribution in [1.82, 2.24) is 4.90 Å². The van der Waals surface area contributed by atoms with E-state index >= 15 is 0 Å². The van der Waals surface area contributed by atoms with Crippen LogP contribution in [0, 0.1) is 11.8 Å². The number of piperidine rings is 1. The van der Waals surface area contributed by atoms with E-state index in [1.807, 2.05) is 0 Å². The fraction of sp³-hybridized carbons (Fsp3) is 0.857. The standard InChI is InChI=1S/C14H21NO2/c16-13-6-3-4-11(13)12-5-1-2-9-15(12)14(17)10-7-8-10/h10-12H,1-9H2. The van der Waals surface area contributed by atoms with Crippen molar-refractivity contribution < 1.29 is 9.59 Å². The zero-order valence-electron chi connectivity index (χ0n) is 10.4. The number of Topliss-reactive ketones (excluding diaryl/α,β-unsaturated/α-hetero) is 1. The molecule has 17 heavy (non-hydrogen) atoms. The SMILES string of the molecule is O=C1CCCC1C1CCCCN1C(=O)C1CC1. The maximum Gasteiger partial charge on any atom is 0.225 e. The fourth-order valence-electron chi connectivity index (χ4n) is 3.46. The maximum atomic E-state index is 12.2. The van der Waals surface area contributed by atoms with Crippen LogP contribution in [0.15, 0.2) is 0 Å². The van der Waals surface area contributed by atoms with Gasteiger partial charge in [-0.05, 0) is 44.9 Å². The van der Waals surface area contributed by atoms with Crippen LogP contribution >= 0.6 is 0 Å². The Morgan fingerprint density at radius 1 is 1.06 bits per heavy atom. The van der Waals surface area contributed by atoms with Gasteiger partial charge in [-0.3, -0.25) is 9.59 Å². The zero-order chi connectivity index (χ0) is 11.8. The van der Waals surface area contributed by atoms with E-state index in [1.54, 1.807) is 0 Å². The molecule has 1 heterocycles. The number of amides is 1. The first-order valence-corrected chi connectivity index (χ1v) is 7.10. The van der Waals surface area contributed by atoms with Crippen molar-refractivity contribution in [2.24, 2.45) is 11.8 Å². The molecule has 0 aromatic rings. The van der Waals surface area contributed by atoms with E-state index in [4.69, 9.17) is 0 Å². The summed E-state index contributed by atoms with van der Waals surface area (Å²) in [5.41, 5.74) is 0. The van der Waals surface area contributed by atoms with E-state index in [9.17, 15) is 9.59 Å². The van der Waals surface area contributed by atoms with E-state index in [1.165, 1.54) is 6.42 Å². The summed E-state index contributed by atoms with van der Waals surface area (Å²) in [6, 6.07) is 0.242. The topological polar surface area (TPSA) is 37.4 Å². The maximum absolute atomic E-state index is 12.2. The van der Waals surface area contributed by atoms with Gasteiger partial charge in [0.05, 0.1) is 0 Å². The number of rotatable bonds is 2. The van der Waals surface area contributed by atoms with Gasteiger partial charge < -0.3 is 4.90 Å². The van der Waals surface area contributed by atoms with Gasteiger partial charge in [0.15, 0.2) is 0 Å². The molecule has 3 rings (SSSR count). The molecule has 0 aromatic heterocycles. The molecule has 2 saturated carbocycles. The number of nitrogens with zero attached hydrogens (tertiary/aromatic N) is 1. The van der Waals surface area contributed by atoms with Crippen LogP contribution in [0.25, 0.3) is 0 Å². The van der Waals surface area contributed by atoms with Crippen molar-refractivity contribution >= 4 is 11.7 Å². The van der Waals surface area contributed by atoms with Gasteiger partial charge in [0.2, 0.25) is 5.91 Å². The van der Waals surface area contributed by atoms with Crippen molar-refractivity contribution in [3.05, 3.63) is 0 Å². The second-order valence-corrected chi connectivity index (χ2v) is 5.83. The normalized spacial score (nSPS) is 34.1. The Morgan fingerprint density at radius 2 is 1.88 bits per heavy atom. The van der Waals surface area contributed by atoms with Gasteiger partial charge in [0.25, 0.3) is 0 Å². The molecule has 0 radical (unpaired) electrons. The van der Waals surface area contributed by atoms with Crippen LogP contribution in [-0.2, 0) is 9.59 Å². The largest absolute Gasteiger partial charge is 0.339 e. The summed E-state index contributed by atoms with van der Waals surface area (Å²) in [6.45, 7) is 0.893. The quantitative estimate of drug-likeness (QED) is 0.735. The number of likely N-dealkylation sites (tertiary alicyclic amines) is 1. The lowest BCUT2D eigenvalue weighted by Gasteiger charge is -2.39. The second kappa shape index (κ2) is 4.43. The number of hydrogen-bond acceptors (Lipinski definition) is 2. The lowest BCUT2D eigenvalue weighted by Crippen LogP contribution is -2.49. The van der Waals surface area contributed by atoms with Gasteiger partial charge in [-0.1, -0.05) is 0 Å². The lowest BCUT2D eigenvalue weighted by atomic mass is 9.88. The Hall–Kier alpha value is -0.860. The first-order valence-electron chi connectivity index (χ1n) is 7.10. The van der Waals surface area contributed by atoms with Crippen LogP contribution in [0.1, 0.15) is 51.4 Å². The molecule has 3 aliphatic rings. The Labute approximate surface area is 103 Å². The molecule has 94 valence electrons. The van der Waals surface area contributed by atoms with E-state index in [2.05, 4.69) is 4.90 Å². The predicted molar refractivity (Wildman–Crippen MR) is 64.4 cm³/mol. The van der Waals surface area contributed by atoms with Gasteiger partial charge in [0, 0.05) is 30.8 Å². The fourth-order valence-corrected chi connectivity index (χ4v) is 3.46. The molecule has 3 nitrogen and oxygen atoms in total. The van der Waals surface area contributed by atoms with Crippen LogP contribution < -0.4 is 0 Å². The zero-order valence-corrected chi connectivity index (χ0v) is 10.4. The van der Waals surface area contributed by atoms with Gasteiger partial charge in [-0.15, -0.1) is 0 Å². The minimum atomic E-state index is 0.165. The number of carbonyl (C=O) groups excluding carboxylic acids is 2. The van der Waals surface area contributed by atoms with Crippen LogP contribution in [-0.4, -0.2) is 29.2 Å². The average Bonchev–Trinajstić information content (AvgIpc) is 3.11. The molecule has 0 aromatic carbocycles. The highest BCUT2D eigenvalue weighted by molar-refractivity contribution is 5.86. The van der Waals surface area contributed by atoms with E-state index in [-0.39, 0.29) is 12.0 Å². The molecular weight excluding hydrogens is 214 g/mol. The van der Waals surface area contributed by atoms with Crippen LogP contribution in [0.3, 0.4) is 0 Å². The third-order valence-electron chi connectivity index (χ3n) is 4.58. The van der Waals surface area contributed by atoms with E-state index in [0.717, 1.165) is 51.5 Å². The summed E-state index contributed by atoms with van der Waals surface area (Å²) in [4.78, 5) is 26.2. The lowest BCUT2D eigenvalue weighted by molar-refractivity contribution is -0.139. The minimum absolute atomic E-state index is 0.165. The molecule has 0 spiro atoms. The van der Waals surface area contributed by atoms with Crippen LogP contribution in [0.4, 0.5) is 0 Å². The summed E-state index contributed by atoms with van der Waals surface area (Å²) in [6.07, 6.45) is 8.28. The Balaban J connectivity index is 1.74. The van der Waals surface area contributed by atoms with Crippen molar-refractivity contribution in [3.63, 3.8) is 0 Å². The van der Waals surface area contributed by atoms with Gasteiger partial charge >= 0.3 is 0 Å². The summed E-state index contributed by atoms with van der Waals surface area (Å²) in [5.74, 6) is 1.21. The Bertz CT molecular complexity index is 335. The average molecular weight is 235 g/mol. The van der Waals surface area contributed by atoms with Crippen molar-refractivity contribution in [2.45, 2.75) is 57.4 Å². The molecule has 0 N–H and O–H groups in total. The predicted octanol–water partition coefficient (Wildman–Crippen LogP) is 2.15.